The summed E-state index contributed by atoms with van der Waals surface area (Å²) in [5, 5.41) is 17.7. The molecule has 0 bridgehead atoms. The van der Waals surface area contributed by atoms with Crippen LogP contribution < -0.4 is 0 Å². The van der Waals surface area contributed by atoms with Crippen LogP contribution in [-0.4, -0.2) is 65.1 Å². The van der Waals surface area contributed by atoms with E-state index in [2.05, 4.69) is 6.92 Å². The summed E-state index contributed by atoms with van der Waals surface area (Å²) in [5.74, 6) is -0.277. The number of esters is 1. The molecular formula is C19H38NaO4. The Bertz CT molecular complexity index is 262. The van der Waals surface area contributed by atoms with E-state index < -0.39 is 6.10 Å². The molecule has 0 aromatic carbocycles. The van der Waals surface area contributed by atoms with Crippen molar-refractivity contribution >= 4 is 35.5 Å². The van der Waals surface area contributed by atoms with E-state index in [0.29, 0.717) is 6.42 Å². The Balaban J connectivity index is 0. The number of rotatable bonds is 17. The Morgan fingerprint density at radius 3 is 1.67 bits per heavy atom. The van der Waals surface area contributed by atoms with Crippen LogP contribution in [0.4, 0.5) is 0 Å². The molecule has 0 amide bonds. The first-order valence-corrected chi connectivity index (χ1v) is 9.65. The van der Waals surface area contributed by atoms with Crippen molar-refractivity contribution in [3.63, 3.8) is 0 Å². The van der Waals surface area contributed by atoms with Gasteiger partial charge in [0.25, 0.3) is 0 Å². The first kappa shape index (κ1) is 26.6. The number of hydrogen-bond donors (Lipinski definition) is 2. The van der Waals surface area contributed by atoms with Gasteiger partial charge in [0, 0.05) is 36.0 Å². The number of unbranched alkanes of at least 4 members (excludes halogenated alkanes) is 12. The van der Waals surface area contributed by atoms with E-state index in [1.165, 1.54) is 70.6 Å². The summed E-state index contributed by atoms with van der Waals surface area (Å²) in [4.78, 5) is 11.3. The zero-order valence-electron chi connectivity index (χ0n) is 16.1. The molecular weight excluding hydrogens is 315 g/mol. The van der Waals surface area contributed by atoms with Crippen molar-refractivity contribution in [2.45, 2.75) is 103 Å². The average Bonchev–Trinajstić information content (AvgIpc) is 2.56. The van der Waals surface area contributed by atoms with Crippen molar-refractivity contribution in [3.05, 3.63) is 0 Å². The van der Waals surface area contributed by atoms with Crippen molar-refractivity contribution in [1.29, 1.82) is 0 Å². The predicted molar refractivity (Wildman–Crippen MR) is 100 cm³/mol. The van der Waals surface area contributed by atoms with Crippen molar-refractivity contribution in [2.75, 3.05) is 13.2 Å². The molecule has 0 saturated carbocycles. The summed E-state index contributed by atoms with van der Waals surface area (Å²) in [6.45, 7) is 1.78. The number of aliphatic hydroxyl groups excluding tert-OH is 2. The van der Waals surface area contributed by atoms with Crippen molar-refractivity contribution in [3.8, 4) is 0 Å². The van der Waals surface area contributed by atoms with Gasteiger partial charge >= 0.3 is 5.97 Å². The zero-order valence-corrected chi connectivity index (χ0v) is 18.1. The number of carbonyl (C=O) groups is 1. The van der Waals surface area contributed by atoms with Gasteiger partial charge in [-0.2, -0.15) is 0 Å². The number of carbonyl (C=O) groups excluding carboxylic acids is 1. The van der Waals surface area contributed by atoms with Crippen molar-refractivity contribution in [1.82, 2.24) is 0 Å². The van der Waals surface area contributed by atoms with Gasteiger partial charge in [-0.15, -0.1) is 0 Å². The summed E-state index contributed by atoms with van der Waals surface area (Å²) < 4.78 is 4.85. The fourth-order valence-electron chi connectivity index (χ4n) is 2.60. The summed E-state index contributed by atoms with van der Waals surface area (Å²) in [6.07, 6.45) is 16.1. The molecule has 0 aliphatic rings. The van der Waals surface area contributed by atoms with Crippen LogP contribution in [0.5, 0.6) is 0 Å². The first-order valence-electron chi connectivity index (χ1n) is 9.65. The minimum absolute atomic E-state index is 0. The molecule has 0 saturated heterocycles. The second-order valence-corrected chi connectivity index (χ2v) is 6.51. The van der Waals surface area contributed by atoms with E-state index in [0.717, 1.165) is 12.8 Å². The number of hydrogen-bond acceptors (Lipinski definition) is 4. The van der Waals surface area contributed by atoms with Crippen LogP contribution in [0.2, 0.25) is 0 Å². The molecule has 1 radical (unpaired) electrons. The van der Waals surface area contributed by atoms with E-state index in [-0.39, 0.29) is 48.7 Å². The van der Waals surface area contributed by atoms with Crippen LogP contribution >= 0.6 is 0 Å². The molecule has 0 aromatic rings. The molecule has 0 heterocycles. The summed E-state index contributed by atoms with van der Waals surface area (Å²) in [5.41, 5.74) is 0. The van der Waals surface area contributed by atoms with Crippen LogP contribution in [-0.2, 0) is 9.53 Å². The van der Waals surface area contributed by atoms with Gasteiger partial charge in [0.1, 0.15) is 12.7 Å². The smallest absolute Gasteiger partial charge is 0.305 e. The van der Waals surface area contributed by atoms with Gasteiger partial charge in [-0.1, -0.05) is 84.0 Å². The molecule has 24 heavy (non-hydrogen) atoms. The van der Waals surface area contributed by atoms with E-state index in [1.807, 2.05) is 0 Å². The van der Waals surface area contributed by atoms with Gasteiger partial charge in [0.15, 0.2) is 0 Å². The van der Waals surface area contributed by atoms with Crippen molar-refractivity contribution < 1.29 is 19.7 Å². The minimum Gasteiger partial charge on any atom is -0.463 e. The van der Waals surface area contributed by atoms with E-state index in [4.69, 9.17) is 14.9 Å². The first-order chi connectivity index (χ1) is 11.2. The van der Waals surface area contributed by atoms with Crippen LogP contribution in [0.15, 0.2) is 0 Å². The van der Waals surface area contributed by atoms with Gasteiger partial charge in [-0.3, -0.25) is 4.79 Å². The van der Waals surface area contributed by atoms with E-state index in [9.17, 15) is 4.79 Å². The Kier molecular flexibility index (Phi) is 23.8. The molecule has 1 unspecified atom stereocenters. The van der Waals surface area contributed by atoms with Gasteiger partial charge in [-0.25, -0.2) is 0 Å². The summed E-state index contributed by atoms with van der Waals surface area (Å²) in [6, 6.07) is 0. The monoisotopic (exact) mass is 353 g/mol. The summed E-state index contributed by atoms with van der Waals surface area (Å²) >= 11 is 0. The quantitative estimate of drug-likeness (QED) is 0.236. The maximum absolute atomic E-state index is 11.3. The maximum atomic E-state index is 11.3. The van der Waals surface area contributed by atoms with Crippen LogP contribution in [0.25, 0.3) is 0 Å². The maximum Gasteiger partial charge on any atom is 0.305 e. The third kappa shape index (κ3) is 20.4. The molecule has 0 aliphatic heterocycles. The Morgan fingerprint density at radius 2 is 1.25 bits per heavy atom. The molecule has 0 fully saturated rings. The minimum atomic E-state index is -0.953. The fourth-order valence-corrected chi connectivity index (χ4v) is 2.60. The van der Waals surface area contributed by atoms with Crippen LogP contribution in [0.1, 0.15) is 96.8 Å². The molecule has 0 aromatic heterocycles. The largest absolute Gasteiger partial charge is 0.463 e. The van der Waals surface area contributed by atoms with Crippen molar-refractivity contribution in [2.24, 2.45) is 0 Å². The molecule has 2 N–H and O–H groups in total. The van der Waals surface area contributed by atoms with Gasteiger partial charge in [0.2, 0.25) is 0 Å². The standard InChI is InChI=1S/C19H38O4.Na/c1-2-3-4-5-6-7-8-9-10-11-12-13-14-15-19(22)23-17-18(21)16-20;/h18,20-21H,2-17H2,1H3;. The normalized spacial score (nSPS) is 11.8. The third-order valence-corrected chi connectivity index (χ3v) is 4.13. The third-order valence-electron chi connectivity index (χ3n) is 4.13. The second kappa shape index (κ2) is 21.4. The van der Waals surface area contributed by atoms with Gasteiger partial charge < -0.3 is 14.9 Å². The molecule has 0 rings (SSSR count). The van der Waals surface area contributed by atoms with Gasteiger partial charge in [-0.05, 0) is 6.42 Å². The molecule has 0 spiro atoms. The Morgan fingerprint density at radius 1 is 0.833 bits per heavy atom. The predicted octanol–water partition coefficient (Wildman–Crippen LogP) is 3.98. The molecule has 0 aliphatic carbocycles. The Hall–Kier alpha value is 0.390. The van der Waals surface area contributed by atoms with E-state index in [1.54, 1.807) is 0 Å². The van der Waals surface area contributed by atoms with Gasteiger partial charge in [0.05, 0.1) is 6.61 Å². The fraction of sp³-hybridized carbons (Fsp3) is 0.947. The molecule has 4 nitrogen and oxygen atoms in total. The molecule has 139 valence electrons. The number of ether oxygens (including phenoxy) is 1. The van der Waals surface area contributed by atoms with Crippen LogP contribution in [0, 0.1) is 0 Å². The SMILES string of the molecule is CCCCCCCCCCCCCCCC(=O)OCC(O)CO.[Na]. The topological polar surface area (TPSA) is 66.8 Å². The molecule has 1 atom stereocenters. The Labute approximate surface area is 171 Å². The molecule has 5 heteroatoms. The second-order valence-electron chi connectivity index (χ2n) is 6.51. The zero-order chi connectivity index (χ0) is 17.2. The van der Waals surface area contributed by atoms with Crippen LogP contribution in [0.3, 0.4) is 0 Å². The average molecular weight is 353 g/mol. The summed E-state index contributed by atoms with van der Waals surface area (Å²) in [7, 11) is 0. The number of aliphatic hydroxyl groups is 2. The van der Waals surface area contributed by atoms with E-state index >= 15 is 0 Å².